The standard InChI is InChI=1S/C12H7ClF3NO/c13-10-6-17-5-9(11(10)18)7-2-1-3-8(4-7)12(14,15)16/h1-6H,(H,17,18). The summed E-state index contributed by atoms with van der Waals surface area (Å²) in [6.07, 6.45) is -1.84. The van der Waals surface area contributed by atoms with Gasteiger partial charge in [0.2, 0.25) is 5.43 Å². The predicted molar refractivity (Wildman–Crippen MR) is 62.5 cm³/mol. The molecule has 0 aliphatic rings. The van der Waals surface area contributed by atoms with Gasteiger partial charge in [-0.05, 0) is 17.7 Å². The van der Waals surface area contributed by atoms with E-state index >= 15 is 0 Å². The van der Waals surface area contributed by atoms with Crippen molar-refractivity contribution >= 4 is 11.6 Å². The SMILES string of the molecule is O=c1c(Cl)c[nH]cc1-c1cccc(C(F)(F)F)c1. The normalized spacial score (nSPS) is 11.6. The van der Waals surface area contributed by atoms with Crippen LogP contribution in [-0.4, -0.2) is 4.98 Å². The molecule has 2 aromatic rings. The number of alkyl halides is 3. The molecule has 0 amide bonds. The summed E-state index contributed by atoms with van der Waals surface area (Å²) in [5, 5.41) is -0.0649. The first kappa shape index (κ1) is 12.7. The number of hydrogen-bond acceptors (Lipinski definition) is 1. The molecule has 0 radical (unpaired) electrons. The number of H-pyrrole nitrogens is 1. The lowest BCUT2D eigenvalue weighted by molar-refractivity contribution is -0.137. The van der Waals surface area contributed by atoms with Crippen LogP contribution in [0.1, 0.15) is 5.56 Å². The van der Waals surface area contributed by atoms with Gasteiger partial charge < -0.3 is 4.98 Å². The van der Waals surface area contributed by atoms with Gasteiger partial charge in [0.25, 0.3) is 0 Å². The van der Waals surface area contributed by atoms with Crippen molar-refractivity contribution in [2.45, 2.75) is 6.18 Å². The average molecular weight is 274 g/mol. The first-order chi connectivity index (χ1) is 8.39. The number of hydrogen-bond donors (Lipinski definition) is 1. The van der Waals surface area contributed by atoms with Crippen molar-refractivity contribution in [1.82, 2.24) is 4.98 Å². The van der Waals surface area contributed by atoms with E-state index in [0.29, 0.717) is 0 Å². The van der Waals surface area contributed by atoms with Gasteiger partial charge in [-0.1, -0.05) is 23.7 Å². The van der Waals surface area contributed by atoms with Crippen LogP contribution in [0, 0.1) is 0 Å². The van der Waals surface area contributed by atoms with Crippen molar-refractivity contribution in [3.8, 4) is 11.1 Å². The van der Waals surface area contributed by atoms with Gasteiger partial charge in [0.05, 0.1) is 5.56 Å². The van der Waals surface area contributed by atoms with Gasteiger partial charge in [-0.3, -0.25) is 4.79 Å². The Morgan fingerprint density at radius 1 is 1.17 bits per heavy atom. The molecule has 1 aromatic heterocycles. The van der Waals surface area contributed by atoms with Crippen LogP contribution in [-0.2, 0) is 6.18 Å². The summed E-state index contributed by atoms with van der Waals surface area (Å²) < 4.78 is 37.7. The smallest absolute Gasteiger partial charge is 0.366 e. The highest BCUT2D eigenvalue weighted by atomic mass is 35.5. The number of benzene rings is 1. The van der Waals surface area contributed by atoms with Crippen molar-refractivity contribution in [2.75, 3.05) is 0 Å². The van der Waals surface area contributed by atoms with Crippen molar-refractivity contribution in [3.05, 3.63) is 57.5 Å². The zero-order chi connectivity index (χ0) is 13.3. The van der Waals surface area contributed by atoms with Crippen LogP contribution in [0.25, 0.3) is 11.1 Å². The van der Waals surface area contributed by atoms with E-state index in [1.165, 1.54) is 24.5 Å². The molecule has 0 aliphatic heterocycles. The maximum atomic E-state index is 12.6. The molecule has 0 atom stereocenters. The van der Waals surface area contributed by atoms with Gasteiger partial charge in [0.1, 0.15) is 5.02 Å². The Kier molecular flexibility index (Phi) is 3.17. The molecule has 2 rings (SSSR count). The Hall–Kier alpha value is -1.75. The quantitative estimate of drug-likeness (QED) is 0.844. The minimum Gasteiger partial charge on any atom is -0.366 e. The van der Waals surface area contributed by atoms with Crippen LogP contribution in [0.15, 0.2) is 41.5 Å². The summed E-state index contributed by atoms with van der Waals surface area (Å²) >= 11 is 5.63. The van der Waals surface area contributed by atoms with E-state index in [4.69, 9.17) is 11.6 Å². The molecule has 0 bridgehead atoms. The summed E-state index contributed by atoms with van der Waals surface area (Å²) in [6.45, 7) is 0. The van der Waals surface area contributed by atoms with Gasteiger partial charge >= 0.3 is 6.18 Å². The molecule has 0 saturated carbocycles. The monoisotopic (exact) mass is 273 g/mol. The van der Waals surface area contributed by atoms with E-state index in [0.717, 1.165) is 12.1 Å². The minimum atomic E-state index is -4.44. The maximum absolute atomic E-state index is 12.6. The molecule has 18 heavy (non-hydrogen) atoms. The molecule has 1 heterocycles. The molecule has 0 saturated heterocycles. The van der Waals surface area contributed by atoms with Gasteiger partial charge in [0.15, 0.2) is 0 Å². The summed E-state index contributed by atoms with van der Waals surface area (Å²) in [5.74, 6) is 0. The lowest BCUT2D eigenvalue weighted by atomic mass is 10.0. The first-order valence-electron chi connectivity index (χ1n) is 4.94. The van der Waals surface area contributed by atoms with E-state index in [-0.39, 0.29) is 16.1 Å². The van der Waals surface area contributed by atoms with Gasteiger partial charge in [-0.2, -0.15) is 13.2 Å². The Morgan fingerprint density at radius 3 is 2.56 bits per heavy atom. The molecule has 1 N–H and O–H groups in total. The van der Waals surface area contributed by atoms with E-state index in [1.807, 2.05) is 0 Å². The molecule has 6 heteroatoms. The van der Waals surface area contributed by atoms with E-state index in [2.05, 4.69) is 4.98 Å². The van der Waals surface area contributed by atoms with E-state index in [1.54, 1.807) is 0 Å². The number of aromatic amines is 1. The molecule has 2 nitrogen and oxygen atoms in total. The van der Waals surface area contributed by atoms with Crippen LogP contribution in [0.3, 0.4) is 0 Å². The molecular formula is C12H7ClF3NO. The van der Waals surface area contributed by atoms with Gasteiger partial charge in [-0.15, -0.1) is 0 Å². The van der Waals surface area contributed by atoms with Crippen LogP contribution >= 0.6 is 11.6 Å². The topological polar surface area (TPSA) is 32.9 Å². The molecule has 1 aromatic carbocycles. The molecule has 0 spiro atoms. The van der Waals surface area contributed by atoms with Crippen LogP contribution < -0.4 is 5.43 Å². The highest BCUT2D eigenvalue weighted by Gasteiger charge is 2.30. The second-order valence-corrected chi connectivity index (χ2v) is 4.03. The number of aromatic nitrogens is 1. The fourth-order valence-electron chi connectivity index (χ4n) is 1.54. The first-order valence-corrected chi connectivity index (χ1v) is 5.31. The fourth-order valence-corrected chi connectivity index (χ4v) is 1.70. The van der Waals surface area contributed by atoms with Gasteiger partial charge in [0, 0.05) is 18.0 Å². The maximum Gasteiger partial charge on any atom is 0.416 e. The predicted octanol–water partition coefficient (Wildman–Crippen LogP) is 3.71. The van der Waals surface area contributed by atoms with Crippen LogP contribution in [0.5, 0.6) is 0 Å². The third-order valence-corrected chi connectivity index (χ3v) is 2.68. The second-order valence-electron chi connectivity index (χ2n) is 3.62. The van der Waals surface area contributed by atoms with Crippen molar-refractivity contribution in [2.24, 2.45) is 0 Å². The van der Waals surface area contributed by atoms with Crippen LogP contribution in [0.4, 0.5) is 13.2 Å². The Morgan fingerprint density at radius 2 is 1.89 bits per heavy atom. The zero-order valence-corrected chi connectivity index (χ0v) is 9.64. The Labute approximate surface area is 105 Å². The number of rotatable bonds is 1. The van der Waals surface area contributed by atoms with Gasteiger partial charge in [-0.25, -0.2) is 0 Å². The molecular weight excluding hydrogens is 267 g/mol. The highest BCUT2D eigenvalue weighted by Crippen LogP contribution is 2.31. The summed E-state index contributed by atoms with van der Waals surface area (Å²) in [6, 6.07) is 4.54. The van der Waals surface area contributed by atoms with Crippen molar-refractivity contribution in [1.29, 1.82) is 0 Å². The second kappa shape index (κ2) is 4.49. The number of halogens is 4. The summed E-state index contributed by atoms with van der Waals surface area (Å²) in [4.78, 5) is 14.3. The lowest BCUT2D eigenvalue weighted by Gasteiger charge is -2.08. The third-order valence-electron chi connectivity index (χ3n) is 2.40. The molecule has 94 valence electrons. The average Bonchev–Trinajstić information content (AvgIpc) is 2.32. The number of nitrogens with one attached hydrogen (secondary N) is 1. The molecule has 0 fully saturated rings. The Bertz CT molecular complexity index is 634. The number of pyridine rings is 1. The molecule has 0 unspecified atom stereocenters. The molecule has 0 aliphatic carbocycles. The highest BCUT2D eigenvalue weighted by molar-refractivity contribution is 6.30. The largest absolute Gasteiger partial charge is 0.416 e. The minimum absolute atomic E-state index is 0.0649. The van der Waals surface area contributed by atoms with Crippen LogP contribution in [0.2, 0.25) is 5.02 Å². The summed E-state index contributed by atoms with van der Waals surface area (Å²) in [5.41, 5.74) is -1.03. The lowest BCUT2D eigenvalue weighted by Crippen LogP contribution is -2.08. The zero-order valence-electron chi connectivity index (χ0n) is 8.88. The summed E-state index contributed by atoms with van der Waals surface area (Å²) in [7, 11) is 0. The fraction of sp³-hybridized carbons (Fsp3) is 0.0833. The third kappa shape index (κ3) is 2.41. The van der Waals surface area contributed by atoms with E-state index < -0.39 is 17.2 Å². The van der Waals surface area contributed by atoms with Crippen molar-refractivity contribution < 1.29 is 13.2 Å². The van der Waals surface area contributed by atoms with E-state index in [9.17, 15) is 18.0 Å². The van der Waals surface area contributed by atoms with Crippen molar-refractivity contribution in [3.63, 3.8) is 0 Å². The Balaban J connectivity index is 2.59.